The molecule has 104 valence electrons. The third kappa shape index (κ3) is 3.43. The molecule has 0 saturated carbocycles. The number of sulfonamides is 1. The summed E-state index contributed by atoms with van der Waals surface area (Å²) in [7, 11) is -3.47. The molecule has 1 aliphatic heterocycles. The first-order valence-corrected chi connectivity index (χ1v) is 7.34. The average Bonchev–Trinajstić information content (AvgIpc) is 2.80. The van der Waals surface area contributed by atoms with Gasteiger partial charge in [0.05, 0.1) is 30.7 Å². The molecule has 1 aliphatic rings. The molecule has 2 N–H and O–H groups in total. The largest absolute Gasteiger partial charge is 0.478 e. The van der Waals surface area contributed by atoms with Gasteiger partial charge in [0, 0.05) is 5.56 Å². The molecule has 0 radical (unpaired) electrons. The van der Waals surface area contributed by atoms with Gasteiger partial charge in [-0.2, -0.15) is 0 Å². The zero-order valence-corrected chi connectivity index (χ0v) is 10.9. The van der Waals surface area contributed by atoms with Crippen LogP contribution in [0, 0.1) is 0 Å². The molecule has 1 saturated heterocycles. The van der Waals surface area contributed by atoms with Crippen LogP contribution < -0.4 is 4.72 Å². The van der Waals surface area contributed by atoms with Crippen molar-refractivity contribution in [1.29, 1.82) is 0 Å². The fraction of sp³-hybridized carbons (Fsp3) is 0.364. The highest BCUT2D eigenvalue weighted by Gasteiger charge is 2.23. The Kier molecular flexibility index (Phi) is 3.74. The fourth-order valence-electron chi connectivity index (χ4n) is 1.72. The van der Waals surface area contributed by atoms with Gasteiger partial charge < -0.3 is 14.6 Å². The molecule has 0 amide bonds. The summed E-state index contributed by atoms with van der Waals surface area (Å²) in [5, 5.41) is 8.96. The van der Waals surface area contributed by atoms with Crippen molar-refractivity contribution in [2.75, 3.05) is 24.2 Å². The Morgan fingerprint density at radius 1 is 1.37 bits per heavy atom. The van der Waals surface area contributed by atoms with Crippen molar-refractivity contribution < 1.29 is 27.8 Å². The first-order valence-electron chi connectivity index (χ1n) is 5.45. The number of hydrogen-bond acceptors (Lipinski definition) is 5. The quantitative estimate of drug-likeness (QED) is 0.849. The number of carboxylic acid groups (broad SMARTS) is 1. The molecule has 0 unspecified atom stereocenters. The Morgan fingerprint density at radius 2 is 2.00 bits per heavy atom. The standard InChI is InChI=1S/C11H13NO6S/c1-19(15,16)12-9-3-2-7(10(13)14)6-8(9)11-17-4-5-18-11/h2-3,6,11-12H,4-5H2,1H3,(H,13,14). The highest BCUT2D eigenvalue weighted by molar-refractivity contribution is 7.92. The highest BCUT2D eigenvalue weighted by Crippen LogP contribution is 2.31. The summed E-state index contributed by atoms with van der Waals surface area (Å²) >= 11 is 0. The van der Waals surface area contributed by atoms with E-state index in [2.05, 4.69) is 4.72 Å². The van der Waals surface area contributed by atoms with E-state index >= 15 is 0 Å². The number of nitrogens with one attached hydrogen (secondary N) is 1. The van der Waals surface area contributed by atoms with Crippen LogP contribution in [-0.4, -0.2) is 39.0 Å². The minimum atomic E-state index is -3.47. The number of aromatic carboxylic acids is 1. The van der Waals surface area contributed by atoms with Crippen LogP contribution in [0.4, 0.5) is 5.69 Å². The first kappa shape index (κ1) is 13.8. The third-order valence-corrected chi connectivity index (χ3v) is 3.06. The molecular formula is C11H13NO6S. The second-order valence-electron chi connectivity index (χ2n) is 4.05. The van der Waals surface area contributed by atoms with Crippen molar-refractivity contribution in [3.63, 3.8) is 0 Å². The van der Waals surface area contributed by atoms with Gasteiger partial charge in [-0.1, -0.05) is 0 Å². The normalized spacial score (nSPS) is 16.5. The number of hydrogen-bond donors (Lipinski definition) is 2. The summed E-state index contributed by atoms with van der Waals surface area (Å²) in [6.45, 7) is 0.751. The van der Waals surface area contributed by atoms with E-state index in [-0.39, 0.29) is 11.3 Å². The van der Waals surface area contributed by atoms with E-state index in [1.807, 2.05) is 0 Å². The number of benzene rings is 1. The molecule has 0 atom stereocenters. The van der Waals surface area contributed by atoms with E-state index in [0.29, 0.717) is 18.8 Å². The minimum absolute atomic E-state index is 0.0353. The Bertz CT molecular complexity index is 591. The number of carbonyl (C=O) groups is 1. The molecule has 1 fully saturated rings. The van der Waals surface area contributed by atoms with Crippen LogP contribution >= 0.6 is 0 Å². The van der Waals surface area contributed by atoms with E-state index in [0.717, 1.165) is 6.26 Å². The zero-order valence-electron chi connectivity index (χ0n) is 10.1. The Hall–Kier alpha value is -1.64. The van der Waals surface area contributed by atoms with Crippen LogP contribution in [0.5, 0.6) is 0 Å². The maximum absolute atomic E-state index is 11.3. The second kappa shape index (κ2) is 5.16. The molecule has 0 aromatic heterocycles. The Labute approximate surface area is 110 Å². The molecular weight excluding hydrogens is 274 g/mol. The van der Waals surface area contributed by atoms with Crippen molar-refractivity contribution >= 4 is 21.7 Å². The number of ether oxygens (including phenoxy) is 2. The monoisotopic (exact) mass is 287 g/mol. The second-order valence-corrected chi connectivity index (χ2v) is 5.80. The molecule has 1 aromatic rings. The van der Waals surface area contributed by atoms with E-state index < -0.39 is 22.3 Å². The summed E-state index contributed by atoms with van der Waals surface area (Å²) in [5.41, 5.74) is 0.635. The van der Waals surface area contributed by atoms with Crippen molar-refractivity contribution in [3.05, 3.63) is 29.3 Å². The Balaban J connectivity index is 2.43. The van der Waals surface area contributed by atoms with Gasteiger partial charge in [0.25, 0.3) is 0 Å². The van der Waals surface area contributed by atoms with Crippen LogP contribution in [0.1, 0.15) is 22.2 Å². The lowest BCUT2D eigenvalue weighted by Gasteiger charge is -2.15. The van der Waals surface area contributed by atoms with Crippen molar-refractivity contribution in [2.24, 2.45) is 0 Å². The number of anilines is 1. The van der Waals surface area contributed by atoms with Gasteiger partial charge >= 0.3 is 5.97 Å². The third-order valence-electron chi connectivity index (χ3n) is 2.47. The number of rotatable bonds is 4. The average molecular weight is 287 g/mol. The lowest BCUT2D eigenvalue weighted by atomic mass is 10.1. The predicted octanol–water partition coefficient (Wildman–Crippen LogP) is 0.802. The molecule has 0 spiro atoms. The first-order chi connectivity index (χ1) is 8.87. The molecule has 1 heterocycles. The topological polar surface area (TPSA) is 102 Å². The lowest BCUT2D eigenvalue weighted by molar-refractivity contribution is -0.0435. The van der Waals surface area contributed by atoms with Crippen LogP contribution in [0.25, 0.3) is 0 Å². The lowest BCUT2D eigenvalue weighted by Crippen LogP contribution is -2.14. The van der Waals surface area contributed by atoms with Crippen LogP contribution in [0.2, 0.25) is 0 Å². The van der Waals surface area contributed by atoms with Crippen molar-refractivity contribution in [1.82, 2.24) is 0 Å². The molecule has 7 nitrogen and oxygen atoms in total. The molecule has 0 bridgehead atoms. The van der Waals surface area contributed by atoms with Gasteiger partial charge in [-0.05, 0) is 18.2 Å². The van der Waals surface area contributed by atoms with Crippen LogP contribution in [0.3, 0.4) is 0 Å². The summed E-state index contributed by atoms with van der Waals surface area (Å²) in [6, 6.07) is 4.03. The highest BCUT2D eigenvalue weighted by atomic mass is 32.2. The Morgan fingerprint density at radius 3 is 2.53 bits per heavy atom. The SMILES string of the molecule is CS(=O)(=O)Nc1ccc(C(=O)O)cc1C1OCCO1. The fourth-order valence-corrected chi connectivity index (χ4v) is 2.31. The van der Waals surface area contributed by atoms with E-state index in [1.165, 1.54) is 18.2 Å². The van der Waals surface area contributed by atoms with E-state index in [1.54, 1.807) is 0 Å². The maximum atomic E-state index is 11.3. The number of carboxylic acids is 1. The van der Waals surface area contributed by atoms with Gasteiger partial charge in [0.2, 0.25) is 10.0 Å². The molecule has 1 aromatic carbocycles. The molecule has 19 heavy (non-hydrogen) atoms. The zero-order chi connectivity index (χ0) is 14.0. The van der Waals surface area contributed by atoms with Gasteiger partial charge in [-0.15, -0.1) is 0 Å². The minimum Gasteiger partial charge on any atom is -0.478 e. The van der Waals surface area contributed by atoms with Crippen LogP contribution in [-0.2, 0) is 19.5 Å². The van der Waals surface area contributed by atoms with Crippen molar-refractivity contribution in [3.8, 4) is 0 Å². The van der Waals surface area contributed by atoms with Crippen LogP contribution in [0.15, 0.2) is 18.2 Å². The molecule has 8 heteroatoms. The van der Waals surface area contributed by atoms with E-state index in [9.17, 15) is 13.2 Å². The van der Waals surface area contributed by atoms with Gasteiger partial charge in [-0.25, -0.2) is 13.2 Å². The molecule has 2 rings (SSSR count). The van der Waals surface area contributed by atoms with Crippen molar-refractivity contribution in [2.45, 2.75) is 6.29 Å². The summed E-state index contributed by atoms with van der Waals surface area (Å²) in [5.74, 6) is -1.11. The van der Waals surface area contributed by atoms with Gasteiger partial charge in [0.1, 0.15) is 0 Å². The van der Waals surface area contributed by atoms with E-state index in [4.69, 9.17) is 14.6 Å². The summed E-state index contributed by atoms with van der Waals surface area (Å²) < 4.78 is 35.4. The molecule has 0 aliphatic carbocycles. The van der Waals surface area contributed by atoms with Gasteiger partial charge in [-0.3, -0.25) is 4.72 Å². The smallest absolute Gasteiger partial charge is 0.335 e. The predicted molar refractivity (Wildman–Crippen MR) is 66.5 cm³/mol. The summed E-state index contributed by atoms with van der Waals surface area (Å²) in [6.07, 6.45) is 0.252. The van der Waals surface area contributed by atoms with Gasteiger partial charge in [0.15, 0.2) is 6.29 Å². The summed E-state index contributed by atoms with van der Waals surface area (Å²) in [4.78, 5) is 10.9. The maximum Gasteiger partial charge on any atom is 0.335 e.